The molecule has 0 aliphatic heterocycles. The van der Waals surface area contributed by atoms with Crippen molar-refractivity contribution in [3.63, 3.8) is 0 Å². The minimum atomic E-state index is -0.731. The van der Waals surface area contributed by atoms with Crippen molar-refractivity contribution >= 4 is 24.1 Å². The standard InChI is InChI=1S/C18H24N2O8/c1-5-15(21)25-7-9-27-17(23)19-11-13(3)14(4)12-20-18(24)28-10-8-26-16(22)6-2/h5-6H,1-4,7-12H2,(H,19,23)(H,20,24). The maximum atomic E-state index is 11.5. The summed E-state index contributed by atoms with van der Waals surface area (Å²) in [4.78, 5) is 44.5. The Labute approximate surface area is 162 Å². The highest BCUT2D eigenvalue weighted by atomic mass is 16.6. The Morgan fingerprint density at radius 1 is 0.643 bits per heavy atom. The number of ether oxygens (including phenoxy) is 4. The predicted molar refractivity (Wildman–Crippen MR) is 99.3 cm³/mol. The van der Waals surface area contributed by atoms with Crippen molar-refractivity contribution in [1.82, 2.24) is 10.6 Å². The Kier molecular flexibility index (Phi) is 12.7. The Balaban J connectivity index is 3.86. The molecule has 2 N–H and O–H groups in total. The lowest BCUT2D eigenvalue weighted by Gasteiger charge is -2.12. The van der Waals surface area contributed by atoms with E-state index in [1.54, 1.807) is 0 Å². The van der Waals surface area contributed by atoms with E-state index in [0.717, 1.165) is 12.2 Å². The molecule has 0 heterocycles. The molecule has 10 heteroatoms. The summed E-state index contributed by atoms with van der Waals surface area (Å²) in [7, 11) is 0. The maximum absolute atomic E-state index is 11.5. The van der Waals surface area contributed by atoms with E-state index in [2.05, 4.69) is 46.4 Å². The van der Waals surface area contributed by atoms with Gasteiger partial charge in [-0.1, -0.05) is 26.3 Å². The molecule has 0 saturated heterocycles. The van der Waals surface area contributed by atoms with E-state index in [4.69, 9.17) is 9.47 Å². The van der Waals surface area contributed by atoms with E-state index >= 15 is 0 Å². The predicted octanol–water partition coefficient (Wildman–Crippen LogP) is 1.01. The van der Waals surface area contributed by atoms with Crippen molar-refractivity contribution in [1.29, 1.82) is 0 Å². The fraction of sp³-hybridized carbons (Fsp3) is 0.333. The molecule has 0 spiro atoms. The van der Waals surface area contributed by atoms with Gasteiger partial charge in [0.1, 0.15) is 26.4 Å². The lowest BCUT2D eigenvalue weighted by Crippen LogP contribution is -2.31. The highest BCUT2D eigenvalue weighted by Gasteiger charge is 2.08. The van der Waals surface area contributed by atoms with Crippen LogP contribution in [0.25, 0.3) is 0 Å². The first-order valence-electron chi connectivity index (χ1n) is 8.05. The van der Waals surface area contributed by atoms with Crippen LogP contribution in [0.5, 0.6) is 0 Å². The van der Waals surface area contributed by atoms with Crippen LogP contribution in [0.4, 0.5) is 9.59 Å². The number of nitrogens with one attached hydrogen (secondary N) is 2. The summed E-state index contributed by atoms with van der Waals surface area (Å²) >= 11 is 0. The van der Waals surface area contributed by atoms with E-state index in [1.807, 2.05) is 0 Å². The summed E-state index contributed by atoms with van der Waals surface area (Å²) in [6.07, 6.45) is 0.531. The third kappa shape index (κ3) is 12.8. The molecule has 0 aliphatic rings. The van der Waals surface area contributed by atoms with Gasteiger partial charge < -0.3 is 29.6 Å². The van der Waals surface area contributed by atoms with Gasteiger partial charge in [0, 0.05) is 25.2 Å². The summed E-state index contributed by atoms with van der Waals surface area (Å²) in [6, 6.07) is 0. The molecule has 0 aromatic heterocycles. The SMILES string of the molecule is C=CC(=O)OCCOC(=O)NCC(=C)C(=C)CNC(=O)OCCOC(=O)C=C. The van der Waals surface area contributed by atoms with Crippen molar-refractivity contribution in [3.05, 3.63) is 49.6 Å². The second-order valence-corrected chi connectivity index (χ2v) is 4.93. The van der Waals surface area contributed by atoms with Crippen LogP contribution in [-0.2, 0) is 28.5 Å². The largest absolute Gasteiger partial charge is 0.459 e. The molecule has 0 radical (unpaired) electrons. The number of carbonyl (C=O) groups is 4. The van der Waals surface area contributed by atoms with E-state index in [1.165, 1.54) is 0 Å². The van der Waals surface area contributed by atoms with Gasteiger partial charge in [-0.2, -0.15) is 0 Å². The van der Waals surface area contributed by atoms with Gasteiger partial charge in [-0.05, 0) is 11.1 Å². The molecule has 0 aliphatic carbocycles. The van der Waals surface area contributed by atoms with E-state index in [9.17, 15) is 19.2 Å². The molecule has 10 nitrogen and oxygen atoms in total. The second kappa shape index (κ2) is 14.6. The Morgan fingerprint density at radius 2 is 0.964 bits per heavy atom. The van der Waals surface area contributed by atoms with Gasteiger partial charge in [-0.15, -0.1) is 0 Å². The first-order valence-corrected chi connectivity index (χ1v) is 8.05. The topological polar surface area (TPSA) is 129 Å². The molecule has 0 fully saturated rings. The lowest BCUT2D eigenvalue weighted by atomic mass is 10.1. The summed E-state index contributed by atoms with van der Waals surface area (Å²) < 4.78 is 18.8. The maximum Gasteiger partial charge on any atom is 0.407 e. The van der Waals surface area contributed by atoms with Crippen LogP contribution in [0, 0.1) is 0 Å². The molecule has 0 atom stereocenters. The molecule has 154 valence electrons. The number of hydrogen-bond donors (Lipinski definition) is 2. The zero-order chi connectivity index (χ0) is 21.4. The van der Waals surface area contributed by atoms with Crippen molar-refractivity contribution in [2.45, 2.75) is 0 Å². The normalized spacial score (nSPS) is 9.29. The van der Waals surface area contributed by atoms with Crippen LogP contribution in [0.15, 0.2) is 49.6 Å². The van der Waals surface area contributed by atoms with Crippen LogP contribution in [-0.4, -0.2) is 63.6 Å². The van der Waals surface area contributed by atoms with E-state index in [0.29, 0.717) is 11.1 Å². The molecule has 28 heavy (non-hydrogen) atoms. The van der Waals surface area contributed by atoms with Gasteiger partial charge in [0.15, 0.2) is 0 Å². The van der Waals surface area contributed by atoms with Gasteiger partial charge in [-0.3, -0.25) is 0 Å². The molecular formula is C18H24N2O8. The van der Waals surface area contributed by atoms with E-state index in [-0.39, 0.29) is 39.5 Å². The van der Waals surface area contributed by atoms with Gasteiger partial charge in [0.05, 0.1) is 0 Å². The van der Waals surface area contributed by atoms with Crippen molar-refractivity contribution in [2.24, 2.45) is 0 Å². The quantitative estimate of drug-likeness (QED) is 0.155. The molecule has 0 rings (SSSR count). The van der Waals surface area contributed by atoms with Crippen LogP contribution in [0.3, 0.4) is 0 Å². The zero-order valence-corrected chi connectivity index (χ0v) is 15.5. The van der Waals surface area contributed by atoms with Crippen LogP contribution < -0.4 is 10.6 Å². The number of hydrogen-bond acceptors (Lipinski definition) is 8. The van der Waals surface area contributed by atoms with Crippen LogP contribution >= 0.6 is 0 Å². The summed E-state index contributed by atoms with van der Waals surface area (Å²) in [5, 5.41) is 4.86. The number of rotatable bonds is 13. The Hall–Kier alpha value is -3.56. The average Bonchev–Trinajstić information content (AvgIpc) is 2.69. The van der Waals surface area contributed by atoms with Crippen LogP contribution in [0.1, 0.15) is 0 Å². The number of alkyl carbamates (subject to hydrolysis) is 2. The zero-order valence-electron chi connectivity index (χ0n) is 15.5. The number of esters is 2. The minimum Gasteiger partial charge on any atom is -0.459 e. The fourth-order valence-electron chi connectivity index (χ4n) is 1.38. The number of amides is 2. The van der Waals surface area contributed by atoms with Crippen molar-refractivity contribution in [2.75, 3.05) is 39.5 Å². The molecule has 0 aromatic carbocycles. The van der Waals surface area contributed by atoms with Crippen molar-refractivity contribution in [3.8, 4) is 0 Å². The van der Waals surface area contributed by atoms with Gasteiger partial charge in [0.25, 0.3) is 0 Å². The Bertz CT molecular complexity index is 573. The first-order chi connectivity index (χ1) is 13.3. The van der Waals surface area contributed by atoms with Crippen LogP contribution in [0.2, 0.25) is 0 Å². The highest BCUT2D eigenvalue weighted by molar-refractivity contribution is 5.81. The third-order valence-corrected chi connectivity index (χ3v) is 2.85. The number of carbonyl (C=O) groups excluding carboxylic acids is 4. The smallest absolute Gasteiger partial charge is 0.407 e. The van der Waals surface area contributed by atoms with E-state index < -0.39 is 24.1 Å². The second-order valence-electron chi connectivity index (χ2n) is 4.93. The highest BCUT2D eigenvalue weighted by Crippen LogP contribution is 2.02. The summed E-state index contributed by atoms with van der Waals surface area (Å²) in [5.41, 5.74) is 0.908. The molecule has 0 aromatic rings. The monoisotopic (exact) mass is 396 g/mol. The molecule has 0 bridgehead atoms. The lowest BCUT2D eigenvalue weighted by molar-refractivity contribution is -0.139. The molecule has 0 saturated carbocycles. The van der Waals surface area contributed by atoms with Crippen molar-refractivity contribution < 1.29 is 38.1 Å². The van der Waals surface area contributed by atoms with Gasteiger partial charge >= 0.3 is 24.1 Å². The molecule has 0 unspecified atom stereocenters. The Morgan fingerprint density at radius 3 is 1.29 bits per heavy atom. The first kappa shape index (κ1) is 24.4. The minimum absolute atomic E-state index is 0.0400. The van der Waals surface area contributed by atoms with Gasteiger partial charge in [-0.25, -0.2) is 19.2 Å². The molecule has 2 amide bonds. The summed E-state index contributed by atoms with van der Waals surface area (Å²) in [6.45, 7) is 13.6. The fourth-order valence-corrected chi connectivity index (χ4v) is 1.38. The molecular weight excluding hydrogens is 372 g/mol. The van der Waals surface area contributed by atoms with Gasteiger partial charge in [0.2, 0.25) is 0 Å². The third-order valence-electron chi connectivity index (χ3n) is 2.85. The summed E-state index contributed by atoms with van der Waals surface area (Å²) in [5.74, 6) is -1.23. The average molecular weight is 396 g/mol.